The minimum atomic E-state index is -1.38. The van der Waals surface area contributed by atoms with Gasteiger partial charge in [-0.15, -0.1) is 0 Å². The van der Waals surface area contributed by atoms with Gasteiger partial charge in [0.05, 0.1) is 0 Å². The van der Waals surface area contributed by atoms with Crippen LogP contribution in [0.1, 0.15) is 33.6 Å². The van der Waals surface area contributed by atoms with Crippen molar-refractivity contribution in [2.24, 2.45) is 16.7 Å². The van der Waals surface area contributed by atoms with E-state index in [4.69, 9.17) is 9.84 Å². The number of carbonyl (C=O) groups excluding carboxylic acids is 1. The number of nitrogens with one attached hydrogen (secondary N) is 1. The van der Waals surface area contributed by atoms with E-state index in [1.807, 2.05) is 20.8 Å². The predicted molar refractivity (Wildman–Crippen MR) is 91.0 cm³/mol. The van der Waals surface area contributed by atoms with Crippen LogP contribution in [-0.2, 0) is 42.2 Å². The molecule has 1 saturated carbocycles. The number of carboxylic acids is 2. The number of rotatable bonds is 10. The Bertz CT molecular complexity index is 521. The molecule has 0 aromatic rings. The average Bonchev–Trinajstić information content (AvgIpc) is 2.77. The third-order valence-electron chi connectivity index (χ3n) is 5.66. The summed E-state index contributed by atoms with van der Waals surface area (Å²) in [5.41, 5.74) is -1.35. The molecule has 3 atom stereocenters. The van der Waals surface area contributed by atoms with Crippen molar-refractivity contribution in [3.05, 3.63) is 0 Å². The minimum Gasteiger partial charge on any atom is 1.00 e. The van der Waals surface area contributed by atoms with E-state index in [2.05, 4.69) is 5.32 Å². The van der Waals surface area contributed by atoms with Crippen LogP contribution in [-0.4, -0.2) is 53.6 Å². The first-order valence-electron chi connectivity index (χ1n) is 8.39. The van der Waals surface area contributed by atoms with E-state index < -0.39 is 51.7 Å². The van der Waals surface area contributed by atoms with Crippen molar-refractivity contribution in [2.45, 2.75) is 43.6 Å². The molecule has 1 aliphatic carbocycles. The summed E-state index contributed by atoms with van der Waals surface area (Å²) < 4.78 is 6.25. The Hall–Kier alpha value is 0.655. The number of ether oxygens (including phenoxy) is 1. The van der Waals surface area contributed by atoms with Gasteiger partial charge in [0.25, 0.3) is 0 Å². The Balaban J connectivity index is 0.00000625. The van der Waals surface area contributed by atoms with Gasteiger partial charge in [0.2, 0.25) is 0 Å². The normalized spacial score (nSPS) is 24.8. The van der Waals surface area contributed by atoms with Crippen molar-refractivity contribution in [2.75, 3.05) is 19.4 Å². The van der Waals surface area contributed by atoms with Gasteiger partial charge in [-0.1, -0.05) is 0 Å². The standard InChI is InChI=1S/C14H24NO4.C2H4O2S.Hg.Na/c1-9(19-5)8-15-12(18)14(4)7-6-10(11(16)17)13(14,2)3;3-2(4)1-5;;/h9-10H,1,6-8H2,2-5H3,(H,15,18)(H,16,17);5H,1H2,(H,3,4);;/q;;2*+1/p-1. The Labute approximate surface area is 191 Å². The molecule has 0 radical (unpaired) electrons. The Morgan fingerprint density at radius 2 is 1.92 bits per heavy atom. The first-order valence-corrected chi connectivity index (χ1v) is 20.2. The van der Waals surface area contributed by atoms with Crippen molar-refractivity contribution in [1.82, 2.24) is 5.32 Å². The molecule has 140 valence electrons. The average molecular weight is 585 g/mol. The number of hydrogen-bond donors (Lipinski definition) is 3. The second kappa shape index (κ2) is 11.6. The third-order valence-corrected chi connectivity index (χ3v) is 17.6. The maximum absolute atomic E-state index is 12.8. The maximum Gasteiger partial charge on any atom is 1.00 e. The topological polar surface area (TPSA) is 113 Å². The van der Waals surface area contributed by atoms with E-state index >= 15 is 0 Å². The number of amides is 1. The van der Waals surface area contributed by atoms with Crippen molar-refractivity contribution < 1.29 is 82.0 Å². The van der Waals surface area contributed by atoms with Gasteiger partial charge in [-0.3, -0.25) is 0 Å². The SMILES string of the molecule is COC(CNC(=O)C1(C)CCC(C(=O)O)C1(C)C)[CH2][Hg][S]CC(=O)O.[Na+]. The summed E-state index contributed by atoms with van der Waals surface area (Å²) in [6, 6.07) is 0. The molecule has 0 saturated heterocycles. The molecule has 1 fully saturated rings. The second-order valence-corrected chi connectivity index (χ2v) is 20.2. The van der Waals surface area contributed by atoms with Crippen LogP contribution in [0.25, 0.3) is 0 Å². The van der Waals surface area contributed by atoms with Gasteiger partial charge in [-0.2, -0.15) is 0 Å². The number of methoxy groups -OCH3 is 1. The Morgan fingerprint density at radius 3 is 2.38 bits per heavy atom. The summed E-state index contributed by atoms with van der Waals surface area (Å²) in [7, 11) is 3.12. The van der Waals surface area contributed by atoms with Crippen LogP contribution in [0.3, 0.4) is 0 Å². The fraction of sp³-hybridized carbons (Fsp3) is 0.812. The van der Waals surface area contributed by atoms with E-state index in [9.17, 15) is 19.5 Å². The number of hydrogen-bond acceptors (Lipinski definition) is 5. The molecule has 7 nitrogen and oxygen atoms in total. The molecule has 0 aliphatic heterocycles. The fourth-order valence-electron chi connectivity index (χ4n) is 3.42. The van der Waals surface area contributed by atoms with Crippen LogP contribution >= 0.6 is 8.24 Å². The van der Waals surface area contributed by atoms with Crippen LogP contribution in [0.2, 0.25) is 3.93 Å². The summed E-state index contributed by atoms with van der Waals surface area (Å²) >= 11 is -1.38. The van der Waals surface area contributed by atoms with Crippen LogP contribution in [0, 0.1) is 16.7 Å². The van der Waals surface area contributed by atoms with Gasteiger partial charge in [0, 0.05) is 0 Å². The van der Waals surface area contributed by atoms with Crippen LogP contribution < -0.4 is 34.9 Å². The molecule has 0 aromatic carbocycles. The molecule has 3 N–H and O–H groups in total. The van der Waals surface area contributed by atoms with Crippen LogP contribution in [0.15, 0.2) is 0 Å². The number of aliphatic carboxylic acids is 2. The molecule has 3 unspecified atom stereocenters. The molecule has 0 spiro atoms. The van der Waals surface area contributed by atoms with Crippen molar-refractivity contribution >= 4 is 26.1 Å². The molecule has 0 heterocycles. The van der Waals surface area contributed by atoms with Crippen LogP contribution in [0.5, 0.6) is 0 Å². The van der Waals surface area contributed by atoms with E-state index in [1.165, 1.54) is 8.24 Å². The summed E-state index contributed by atoms with van der Waals surface area (Å²) in [6.07, 6.45) is 0.952. The maximum atomic E-state index is 12.8. The first kappa shape index (κ1) is 26.7. The quantitative estimate of drug-likeness (QED) is 0.220. The van der Waals surface area contributed by atoms with Gasteiger partial charge in [-0.05, 0) is 0 Å². The monoisotopic (exact) mass is 586 g/mol. The van der Waals surface area contributed by atoms with Crippen LogP contribution in [0.4, 0.5) is 0 Å². The van der Waals surface area contributed by atoms with Gasteiger partial charge >= 0.3 is 193 Å². The van der Waals surface area contributed by atoms with Gasteiger partial charge < -0.3 is 0 Å². The van der Waals surface area contributed by atoms with Gasteiger partial charge in [0.15, 0.2) is 0 Å². The summed E-state index contributed by atoms with van der Waals surface area (Å²) in [4.78, 5) is 34.7. The zero-order chi connectivity index (χ0) is 19.3. The second-order valence-electron chi connectivity index (χ2n) is 7.29. The summed E-state index contributed by atoms with van der Waals surface area (Å²) in [5, 5.41) is 21.0. The minimum absolute atomic E-state index is 0. The van der Waals surface area contributed by atoms with Crippen molar-refractivity contribution in [3.63, 3.8) is 0 Å². The predicted octanol–water partition coefficient (Wildman–Crippen LogP) is -1.12. The molecule has 0 aromatic heterocycles. The molecule has 10 heteroatoms. The number of carbonyl (C=O) groups is 3. The molecular weight excluding hydrogens is 558 g/mol. The fourth-order valence-corrected chi connectivity index (χ4v) is 14.6. The van der Waals surface area contributed by atoms with Crippen molar-refractivity contribution in [1.29, 1.82) is 0 Å². The largest absolute Gasteiger partial charge is 1.00 e. The van der Waals surface area contributed by atoms with Gasteiger partial charge in [-0.25, -0.2) is 0 Å². The van der Waals surface area contributed by atoms with E-state index in [0.29, 0.717) is 19.4 Å². The third kappa shape index (κ3) is 6.62. The molecule has 26 heavy (non-hydrogen) atoms. The summed E-state index contributed by atoms with van der Waals surface area (Å²) in [6.45, 7) is 5.93. The summed E-state index contributed by atoms with van der Waals surface area (Å²) in [5.74, 6) is -2.14. The molecule has 1 rings (SSSR count). The van der Waals surface area contributed by atoms with E-state index in [1.54, 1.807) is 7.11 Å². The molecular formula is C16H27HgNNaO6S+. The smallest absolute Gasteiger partial charge is 1.00 e. The van der Waals surface area contributed by atoms with E-state index in [0.717, 1.165) is 3.93 Å². The van der Waals surface area contributed by atoms with Crippen molar-refractivity contribution in [3.8, 4) is 0 Å². The molecule has 1 amide bonds. The molecule has 0 bridgehead atoms. The molecule has 1 aliphatic rings. The van der Waals surface area contributed by atoms with E-state index in [-0.39, 0.29) is 47.3 Å². The Morgan fingerprint density at radius 1 is 1.31 bits per heavy atom. The first-order chi connectivity index (χ1) is 11.6. The Kier molecular flexibility index (Phi) is 11.9. The zero-order valence-corrected chi connectivity index (χ0v) is 24.6. The van der Waals surface area contributed by atoms with Gasteiger partial charge in [0.1, 0.15) is 0 Å². The number of carboxylic acid groups (broad SMARTS) is 2. The zero-order valence-electron chi connectivity index (χ0n) is 16.3.